The lowest BCUT2D eigenvalue weighted by Crippen LogP contribution is -2.45. The van der Waals surface area contributed by atoms with Crippen LogP contribution in [0.15, 0.2) is 24.3 Å². The number of rotatable bonds is 6. The molecule has 2 atom stereocenters. The van der Waals surface area contributed by atoms with Crippen molar-refractivity contribution in [3.8, 4) is 5.75 Å². The Kier molecular flexibility index (Phi) is 5.95. The average molecular weight is 374 g/mol. The van der Waals surface area contributed by atoms with Crippen LogP contribution in [0.4, 0.5) is 0 Å². The number of carboxylic acid groups (broad SMARTS) is 1. The minimum atomic E-state index is -0.939. The highest BCUT2D eigenvalue weighted by atomic mass is 16.5. The summed E-state index contributed by atoms with van der Waals surface area (Å²) in [5.41, 5.74) is 1.09. The summed E-state index contributed by atoms with van der Waals surface area (Å²) < 4.78 is 11.1. The van der Waals surface area contributed by atoms with E-state index in [4.69, 9.17) is 14.6 Å². The van der Waals surface area contributed by atoms with Crippen molar-refractivity contribution in [3.05, 3.63) is 29.8 Å². The molecule has 27 heavy (non-hydrogen) atoms. The number of nitrogens with zero attached hydrogens (tertiary/aromatic N) is 2. The van der Waals surface area contributed by atoms with Gasteiger partial charge in [-0.1, -0.05) is 18.2 Å². The molecule has 0 spiro atoms. The summed E-state index contributed by atoms with van der Waals surface area (Å²) in [5.74, 6) is 0.478. The van der Waals surface area contributed by atoms with Gasteiger partial charge in [0.1, 0.15) is 5.75 Å². The van der Waals surface area contributed by atoms with Crippen molar-refractivity contribution in [1.82, 2.24) is 9.80 Å². The van der Waals surface area contributed by atoms with Crippen LogP contribution in [0.3, 0.4) is 0 Å². The molecule has 4 aliphatic heterocycles. The standard InChI is InChI=1S/C21H30N2O4/c24-21(25)15-27-20-4-2-1-3-17(20)13-22-11-16-5-6-19(22)14-23(12-16)18-7-9-26-10-8-18/h1-4,16,18-19H,5-15H2,(H,24,25). The molecular formula is C21H30N2O4. The van der Waals surface area contributed by atoms with E-state index in [1.165, 1.54) is 19.4 Å². The molecule has 0 radical (unpaired) electrons. The monoisotopic (exact) mass is 374 g/mol. The highest BCUT2D eigenvalue weighted by Crippen LogP contribution is 2.32. The third-order valence-electron chi connectivity index (χ3n) is 6.26. The van der Waals surface area contributed by atoms with Gasteiger partial charge in [0.2, 0.25) is 0 Å². The molecular weight excluding hydrogens is 344 g/mol. The molecule has 4 heterocycles. The fourth-order valence-corrected chi connectivity index (χ4v) is 4.89. The van der Waals surface area contributed by atoms with Gasteiger partial charge in [-0.2, -0.15) is 0 Å². The second-order valence-electron chi connectivity index (χ2n) is 8.11. The van der Waals surface area contributed by atoms with Crippen molar-refractivity contribution >= 4 is 5.97 Å². The lowest BCUT2D eigenvalue weighted by atomic mass is 9.94. The number of carboxylic acids is 1. The van der Waals surface area contributed by atoms with Gasteiger partial charge in [0, 0.05) is 57.0 Å². The minimum Gasteiger partial charge on any atom is -0.482 e. The minimum absolute atomic E-state index is 0.291. The summed E-state index contributed by atoms with van der Waals surface area (Å²) in [6.07, 6.45) is 4.89. The number of benzene rings is 1. The highest BCUT2D eigenvalue weighted by molar-refractivity contribution is 5.68. The zero-order chi connectivity index (χ0) is 18.6. The molecule has 4 saturated heterocycles. The number of piperidine rings is 1. The first-order chi connectivity index (χ1) is 13.2. The molecule has 1 aromatic carbocycles. The van der Waals surface area contributed by atoms with E-state index in [0.717, 1.165) is 57.2 Å². The molecule has 0 amide bonds. The van der Waals surface area contributed by atoms with Crippen LogP contribution in [0.5, 0.6) is 5.75 Å². The van der Waals surface area contributed by atoms with Crippen molar-refractivity contribution in [1.29, 1.82) is 0 Å². The highest BCUT2D eigenvalue weighted by Gasteiger charge is 2.37. The smallest absolute Gasteiger partial charge is 0.341 e. The van der Waals surface area contributed by atoms with Gasteiger partial charge < -0.3 is 14.6 Å². The van der Waals surface area contributed by atoms with E-state index in [-0.39, 0.29) is 6.61 Å². The summed E-state index contributed by atoms with van der Waals surface area (Å²) in [7, 11) is 0. The van der Waals surface area contributed by atoms with Gasteiger partial charge >= 0.3 is 5.97 Å². The summed E-state index contributed by atoms with van der Waals surface area (Å²) in [6.45, 7) is 5.80. The first-order valence-corrected chi connectivity index (χ1v) is 10.2. The average Bonchev–Trinajstić information content (AvgIpc) is 3.00. The lowest BCUT2D eigenvalue weighted by Gasteiger charge is -2.37. The van der Waals surface area contributed by atoms with Gasteiger partial charge in [-0.25, -0.2) is 4.79 Å². The van der Waals surface area contributed by atoms with Crippen LogP contribution in [-0.2, 0) is 16.1 Å². The summed E-state index contributed by atoms with van der Waals surface area (Å²) >= 11 is 0. The van der Waals surface area contributed by atoms with Crippen LogP contribution in [-0.4, -0.2) is 72.4 Å². The van der Waals surface area contributed by atoms with Gasteiger partial charge in [-0.3, -0.25) is 9.80 Å². The van der Waals surface area contributed by atoms with Gasteiger partial charge in [-0.15, -0.1) is 0 Å². The molecule has 148 valence electrons. The maximum Gasteiger partial charge on any atom is 0.341 e. The Hall–Kier alpha value is -1.63. The molecule has 4 aliphatic rings. The molecule has 0 aromatic heterocycles. The lowest BCUT2D eigenvalue weighted by molar-refractivity contribution is -0.139. The number of ether oxygens (including phenoxy) is 2. The van der Waals surface area contributed by atoms with E-state index in [0.29, 0.717) is 17.8 Å². The van der Waals surface area contributed by atoms with E-state index in [2.05, 4.69) is 15.9 Å². The van der Waals surface area contributed by atoms with Crippen LogP contribution in [0, 0.1) is 5.92 Å². The number of carbonyl (C=O) groups is 1. The fourth-order valence-electron chi connectivity index (χ4n) is 4.89. The number of hydrogen-bond acceptors (Lipinski definition) is 5. The Balaban J connectivity index is 1.44. The Bertz CT molecular complexity index is 647. The summed E-state index contributed by atoms with van der Waals surface area (Å²) in [4.78, 5) is 16.2. The molecule has 6 nitrogen and oxygen atoms in total. The van der Waals surface area contributed by atoms with E-state index < -0.39 is 5.97 Å². The van der Waals surface area contributed by atoms with Crippen LogP contribution < -0.4 is 4.74 Å². The Morgan fingerprint density at radius 1 is 1.07 bits per heavy atom. The summed E-state index contributed by atoms with van der Waals surface area (Å²) in [6, 6.07) is 9.09. The zero-order valence-corrected chi connectivity index (χ0v) is 15.9. The first kappa shape index (κ1) is 18.7. The van der Waals surface area contributed by atoms with E-state index >= 15 is 0 Å². The van der Waals surface area contributed by atoms with Crippen molar-refractivity contribution in [2.75, 3.05) is 39.5 Å². The van der Waals surface area contributed by atoms with Gasteiger partial charge in [0.05, 0.1) is 0 Å². The molecule has 4 fully saturated rings. The predicted molar refractivity (Wildman–Crippen MR) is 102 cm³/mol. The van der Waals surface area contributed by atoms with Crippen LogP contribution >= 0.6 is 0 Å². The number of aliphatic carboxylic acids is 1. The van der Waals surface area contributed by atoms with Crippen LogP contribution in [0.1, 0.15) is 31.2 Å². The van der Waals surface area contributed by atoms with Crippen molar-refractivity contribution in [2.45, 2.75) is 44.3 Å². The van der Waals surface area contributed by atoms with Gasteiger partial charge in [0.25, 0.3) is 0 Å². The Labute approximate surface area is 161 Å². The van der Waals surface area contributed by atoms with E-state index in [1.54, 1.807) is 0 Å². The Morgan fingerprint density at radius 3 is 2.70 bits per heavy atom. The first-order valence-electron chi connectivity index (χ1n) is 10.2. The van der Waals surface area contributed by atoms with Crippen molar-refractivity contribution in [3.63, 3.8) is 0 Å². The SMILES string of the molecule is O=C(O)COc1ccccc1CN1CC2CCC1CN(C1CCOCC1)C2. The second-order valence-corrected chi connectivity index (χ2v) is 8.11. The third-order valence-corrected chi connectivity index (χ3v) is 6.26. The summed E-state index contributed by atoms with van der Waals surface area (Å²) in [5, 5.41) is 8.91. The molecule has 2 unspecified atom stereocenters. The molecule has 1 N–H and O–H groups in total. The fraction of sp³-hybridized carbons (Fsp3) is 0.667. The van der Waals surface area contributed by atoms with Gasteiger partial charge in [-0.05, 0) is 37.7 Å². The van der Waals surface area contributed by atoms with Crippen molar-refractivity contribution < 1.29 is 19.4 Å². The molecule has 2 bridgehead atoms. The maximum atomic E-state index is 10.9. The molecule has 0 saturated carbocycles. The zero-order valence-electron chi connectivity index (χ0n) is 15.9. The Morgan fingerprint density at radius 2 is 1.89 bits per heavy atom. The number of hydrogen-bond donors (Lipinski definition) is 1. The second kappa shape index (κ2) is 8.59. The molecule has 6 heteroatoms. The predicted octanol–water partition coefficient (Wildman–Crippen LogP) is 2.23. The van der Waals surface area contributed by atoms with E-state index in [9.17, 15) is 4.79 Å². The van der Waals surface area contributed by atoms with Crippen molar-refractivity contribution in [2.24, 2.45) is 5.92 Å². The van der Waals surface area contributed by atoms with Crippen LogP contribution in [0.2, 0.25) is 0 Å². The van der Waals surface area contributed by atoms with Gasteiger partial charge in [0.15, 0.2) is 6.61 Å². The quantitative estimate of drug-likeness (QED) is 0.824. The molecule has 1 aromatic rings. The maximum absolute atomic E-state index is 10.9. The topological polar surface area (TPSA) is 62.2 Å². The number of para-hydroxylation sites is 1. The van der Waals surface area contributed by atoms with E-state index in [1.807, 2.05) is 18.2 Å². The number of fused-ring (bicyclic) bond motifs is 4. The van der Waals surface area contributed by atoms with Crippen LogP contribution in [0.25, 0.3) is 0 Å². The molecule has 5 rings (SSSR count). The molecule has 0 aliphatic carbocycles. The third kappa shape index (κ3) is 4.62. The largest absolute Gasteiger partial charge is 0.482 e. The normalized spacial score (nSPS) is 27.4.